The summed E-state index contributed by atoms with van der Waals surface area (Å²) in [6.45, 7) is 7.19. The molecule has 0 radical (unpaired) electrons. The summed E-state index contributed by atoms with van der Waals surface area (Å²) < 4.78 is 11.2. The number of benzene rings is 2. The molecule has 1 aliphatic rings. The van der Waals surface area contributed by atoms with Gasteiger partial charge in [0.05, 0.1) is 19.8 Å². The normalized spacial score (nSPS) is 13.7. The van der Waals surface area contributed by atoms with Crippen molar-refractivity contribution in [3.63, 3.8) is 0 Å². The third-order valence-corrected chi connectivity index (χ3v) is 7.42. The summed E-state index contributed by atoms with van der Waals surface area (Å²) in [6, 6.07) is 21.1. The molecule has 2 heterocycles. The van der Waals surface area contributed by atoms with E-state index in [1.807, 2.05) is 79.9 Å². The second kappa shape index (κ2) is 14.8. The molecule has 1 aliphatic heterocycles. The maximum Gasteiger partial charge on any atom is 0.322 e. The second-order valence-corrected chi connectivity index (χ2v) is 10.5. The molecule has 0 spiro atoms. The number of furan rings is 1. The Hall–Kier alpha value is -3.27. The molecular formula is C30H38N4O4S. The van der Waals surface area contributed by atoms with Gasteiger partial charge in [0.25, 0.3) is 0 Å². The van der Waals surface area contributed by atoms with Gasteiger partial charge in [-0.2, -0.15) is 0 Å². The minimum absolute atomic E-state index is 0.0234. The van der Waals surface area contributed by atoms with Gasteiger partial charge in [0.1, 0.15) is 18.1 Å². The van der Waals surface area contributed by atoms with Gasteiger partial charge in [0, 0.05) is 43.3 Å². The van der Waals surface area contributed by atoms with Crippen LogP contribution in [0.2, 0.25) is 0 Å². The number of thioether (sulfide) groups is 1. The number of amides is 3. The van der Waals surface area contributed by atoms with Crippen LogP contribution in [0.4, 0.5) is 10.5 Å². The van der Waals surface area contributed by atoms with Crippen LogP contribution in [-0.4, -0.2) is 78.8 Å². The minimum atomic E-state index is -0.282. The van der Waals surface area contributed by atoms with Crippen molar-refractivity contribution >= 4 is 29.4 Å². The van der Waals surface area contributed by atoms with Gasteiger partial charge in [0.2, 0.25) is 5.91 Å². The molecule has 208 valence electrons. The van der Waals surface area contributed by atoms with Crippen molar-refractivity contribution in [3.8, 4) is 0 Å². The lowest BCUT2D eigenvalue weighted by molar-refractivity contribution is -0.133. The lowest BCUT2D eigenvalue weighted by Crippen LogP contribution is -2.45. The molecule has 1 saturated heterocycles. The minimum Gasteiger partial charge on any atom is -0.464 e. The first-order valence-corrected chi connectivity index (χ1v) is 14.6. The number of rotatable bonds is 12. The first-order valence-electron chi connectivity index (χ1n) is 13.4. The zero-order valence-corrected chi connectivity index (χ0v) is 23.6. The number of nitrogens with one attached hydrogen (secondary N) is 1. The standard InChI is InChI=1S/C30H38N4O4S/c1-24-9-12-27(38-24)22-34(21-25-7-4-3-5-8-25)29(35)23-33(16-6-15-32-17-19-37-20-18-32)30(36)31-26-10-13-28(39-2)14-11-26/h3-5,7-14H,6,15-23H2,1-2H3,(H,31,36). The number of morpholine rings is 1. The highest BCUT2D eigenvalue weighted by atomic mass is 32.2. The van der Waals surface area contributed by atoms with Crippen molar-refractivity contribution in [1.29, 1.82) is 0 Å². The van der Waals surface area contributed by atoms with Crippen LogP contribution in [-0.2, 0) is 22.6 Å². The van der Waals surface area contributed by atoms with Crippen molar-refractivity contribution in [1.82, 2.24) is 14.7 Å². The first kappa shape index (κ1) is 28.7. The van der Waals surface area contributed by atoms with E-state index < -0.39 is 0 Å². The number of hydrogen-bond donors (Lipinski definition) is 1. The number of aryl methyl sites for hydroxylation is 1. The molecule has 3 aromatic rings. The van der Waals surface area contributed by atoms with E-state index in [0.717, 1.165) is 55.5 Å². The Morgan fingerprint density at radius 2 is 1.69 bits per heavy atom. The average Bonchev–Trinajstić information content (AvgIpc) is 3.38. The fraction of sp³-hybridized carbons (Fsp3) is 0.400. The molecule has 0 unspecified atom stereocenters. The lowest BCUT2D eigenvalue weighted by Gasteiger charge is -2.30. The van der Waals surface area contributed by atoms with Crippen LogP contribution in [0.25, 0.3) is 0 Å². The van der Waals surface area contributed by atoms with Crippen molar-refractivity contribution in [2.24, 2.45) is 0 Å². The number of carbonyl (C=O) groups is 2. The zero-order chi connectivity index (χ0) is 27.5. The van der Waals surface area contributed by atoms with Crippen molar-refractivity contribution < 1.29 is 18.7 Å². The molecule has 2 aromatic carbocycles. The van der Waals surface area contributed by atoms with Crippen molar-refractivity contribution in [2.75, 3.05) is 57.5 Å². The van der Waals surface area contributed by atoms with Crippen LogP contribution >= 0.6 is 11.8 Å². The van der Waals surface area contributed by atoms with Crippen LogP contribution in [0.15, 0.2) is 76.0 Å². The molecule has 3 amide bonds. The Balaban J connectivity index is 1.46. The van der Waals surface area contributed by atoms with Gasteiger partial charge in [-0.25, -0.2) is 4.79 Å². The van der Waals surface area contributed by atoms with E-state index in [-0.39, 0.29) is 18.5 Å². The second-order valence-electron chi connectivity index (χ2n) is 9.64. The number of urea groups is 1. The Bertz CT molecular complexity index is 1180. The van der Waals surface area contributed by atoms with Gasteiger partial charge in [-0.15, -0.1) is 11.8 Å². The van der Waals surface area contributed by atoms with Gasteiger partial charge in [-0.3, -0.25) is 9.69 Å². The molecule has 9 heteroatoms. The quantitative estimate of drug-likeness (QED) is 0.317. The average molecular weight is 551 g/mol. The highest BCUT2D eigenvalue weighted by molar-refractivity contribution is 7.98. The number of anilines is 1. The predicted octanol–water partition coefficient (Wildman–Crippen LogP) is 5.10. The SMILES string of the molecule is CSc1ccc(NC(=O)N(CCCN2CCOCC2)CC(=O)N(Cc2ccccc2)Cc2ccc(C)o2)cc1. The summed E-state index contributed by atoms with van der Waals surface area (Å²) >= 11 is 1.65. The molecule has 1 aromatic heterocycles. The van der Waals surface area contributed by atoms with Gasteiger partial charge in [0.15, 0.2) is 0 Å². The largest absolute Gasteiger partial charge is 0.464 e. The van der Waals surface area contributed by atoms with Gasteiger partial charge in [-0.05, 0) is 61.6 Å². The van der Waals surface area contributed by atoms with Crippen LogP contribution in [0.1, 0.15) is 23.5 Å². The summed E-state index contributed by atoms with van der Waals surface area (Å²) in [5.74, 6) is 1.38. The summed E-state index contributed by atoms with van der Waals surface area (Å²) in [4.78, 5) is 34.0. The molecule has 0 atom stereocenters. The Morgan fingerprint density at radius 3 is 2.36 bits per heavy atom. The zero-order valence-electron chi connectivity index (χ0n) is 22.8. The highest BCUT2D eigenvalue weighted by Crippen LogP contribution is 2.18. The lowest BCUT2D eigenvalue weighted by atomic mass is 10.2. The molecule has 39 heavy (non-hydrogen) atoms. The summed E-state index contributed by atoms with van der Waals surface area (Å²) in [5.41, 5.74) is 1.72. The van der Waals surface area contributed by atoms with Gasteiger partial charge in [-0.1, -0.05) is 30.3 Å². The highest BCUT2D eigenvalue weighted by Gasteiger charge is 2.23. The number of carbonyl (C=O) groups excluding carboxylic acids is 2. The Morgan fingerprint density at radius 1 is 0.949 bits per heavy atom. The topological polar surface area (TPSA) is 78.3 Å². The van der Waals surface area contributed by atoms with E-state index in [9.17, 15) is 9.59 Å². The molecule has 8 nitrogen and oxygen atoms in total. The monoisotopic (exact) mass is 550 g/mol. The van der Waals surface area contributed by atoms with E-state index in [0.29, 0.717) is 31.1 Å². The smallest absolute Gasteiger partial charge is 0.322 e. The van der Waals surface area contributed by atoms with Crippen molar-refractivity contribution in [2.45, 2.75) is 31.3 Å². The van der Waals surface area contributed by atoms with Crippen LogP contribution in [0.3, 0.4) is 0 Å². The third kappa shape index (κ3) is 9.16. The third-order valence-electron chi connectivity index (χ3n) is 6.67. The van der Waals surface area contributed by atoms with E-state index in [4.69, 9.17) is 9.15 Å². The van der Waals surface area contributed by atoms with E-state index in [1.54, 1.807) is 21.6 Å². The van der Waals surface area contributed by atoms with Gasteiger partial charge >= 0.3 is 6.03 Å². The molecule has 4 rings (SSSR count). The molecule has 0 bridgehead atoms. The maximum absolute atomic E-state index is 13.7. The summed E-state index contributed by atoms with van der Waals surface area (Å²) in [7, 11) is 0. The number of hydrogen-bond acceptors (Lipinski definition) is 6. The molecule has 1 N–H and O–H groups in total. The number of nitrogens with zero attached hydrogens (tertiary/aromatic N) is 3. The Labute approximate surface area is 235 Å². The Kier molecular flexibility index (Phi) is 10.9. The predicted molar refractivity (Wildman–Crippen MR) is 155 cm³/mol. The van der Waals surface area contributed by atoms with Crippen LogP contribution in [0.5, 0.6) is 0 Å². The number of ether oxygens (including phenoxy) is 1. The van der Waals surface area contributed by atoms with Crippen LogP contribution < -0.4 is 5.32 Å². The van der Waals surface area contributed by atoms with E-state index in [2.05, 4.69) is 10.2 Å². The maximum atomic E-state index is 13.7. The van der Waals surface area contributed by atoms with Gasteiger partial charge < -0.3 is 24.3 Å². The molecule has 1 fully saturated rings. The first-order chi connectivity index (χ1) is 19.0. The summed E-state index contributed by atoms with van der Waals surface area (Å²) in [6.07, 6.45) is 2.78. The van der Waals surface area contributed by atoms with E-state index in [1.165, 1.54) is 0 Å². The molecular weight excluding hydrogens is 512 g/mol. The van der Waals surface area contributed by atoms with Crippen molar-refractivity contribution in [3.05, 3.63) is 83.8 Å². The fourth-order valence-corrected chi connectivity index (χ4v) is 4.91. The molecule has 0 saturated carbocycles. The summed E-state index contributed by atoms with van der Waals surface area (Å²) in [5, 5.41) is 2.98. The van der Waals surface area contributed by atoms with E-state index >= 15 is 0 Å². The fourth-order valence-electron chi connectivity index (χ4n) is 4.50. The molecule has 0 aliphatic carbocycles. The van der Waals surface area contributed by atoms with Crippen LogP contribution in [0, 0.1) is 6.92 Å².